The summed E-state index contributed by atoms with van der Waals surface area (Å²) in [5.41, 5.74) is 3.34. The summed E-state index contributed by atoms with van der Waals surface area (Å²) in [6, 6.07) is 14.1. The molecule has 2 heterocycles. The number of aromatic nitrogens is 1. The van der Waals surface area contributed by atoms with Gasteiger partial charge in [0.2, 0.25) is 5.91 Å². The van der Waals surface area contributed by atoms with Crippen LogP contribution in [0.4, 0.5) is 0 Å². The highest BCUT2D eigenvalue weighted by molar-refractivity contribution is 5.92. The molecule has 1 N–H and O–H groups in total. The van der Waals surface area contributed by atoms with Crippen LogP contribution in [0.2, 0.25) is 0 Å². The highest BCUT2D eigenvalue weighted by atomic mass is 16.2. The molecule has 2 aliphatic carbocycles. The lowest BCUT2D eigenvalue weighted by Crippen LogP contribution is -2.44. The first-order chi connectivity index (χ1) is 14.6. The summed E-state index contributed by atoms with van der Waals surface area (Å²) in [4.78, 5) is 31.5. The molecule has 1 aromatic heterocycles. The summed E-state index contributed by atoms with van der Waals surface area (Å²) in [7, 11) is 0. The van der Waals surface area contributed by atoms with Crippen LogP contribution in [-0.2, 0) is 10.2 Å². The molecule has 156 valence electrons. The number of amides is 2. The van der Waals surface area contributed by atoms with E-state index in [0.29, 0.717) is 18.0 Å². The van der Waals surface area contributed by atoms with Gasteiger partial charge in [-0.3, -0.25) is 14.6 Å². The first-order valence-corrected chi connectivity index (χ1v) is 11.2. The molecule has 1 unspecified atom stereocenters. The second-order valence-electron chi connectivity index (χ2n) is 9.23. The molecule has 1 atom stereocenters. The van der Waals surface area contributed by atoms with Crippen LogP contribution in [0.15, 0.2) is 48.7 Å². The van der Waals surface area contributed by atoms with Crippen LogP contribution in [0.25, 0.3) is 0 Å². The Kier molecular flexibility index (Phi) is 5.05. The molecule has 0 bridgehead atoms. The predicted molar refractivity (Wildman–Crippen MR) is 115 cm³/mol. The quantitative estimate of drug-likeness (QED) is 0.829. The highest BCUT2D eigenvalue weighted by Crippen LogP contribution is 2.52. The van der Waals surface area contributed by atoms with Gasteiger partial charge < -0.3 is 10.2 Å². The van der Waals surface area contributed by atoms with E-state index < -0.39 is 0 Å². The number of pyridine rings is 1. The first kappa shape index (κ1) is 19.3. The summed E-state index contributed by atoms with van der Waals surface area (Å²) in [6.45, 7) is 2.32. The van der Waals surface area contributed by atoms with Crippen molar-refractivity contribution in [1.29, 1.82) is 0 Å². The predicted octanol–water partition coefficient (Wildman–Crippen LogP) is 3.66. The number of nitrogens with one attached hydrogen (secondary N) is 1. The summed E-state index contributed by atoms with van der Waals surface area (Å²) in [5, 5.41) is 3.14. The third-order valence-corrected chi connectivity index (χ3v) is 7.22. The SMILES string of the molecule is O=C(CC1CC2(CCN(C(=O)c3ccccn3)CC2)c2ccccc21)NCC1CC1. The van der Waals surface area contributed by atoms with E-state index in [1.54, 1.807) is 12.3 Å². The van der Waals surface area contributed by atoms with Crippen molar-refractivity contribution in [3.8, 4) is 0 Å². The summed E-state index contributed by atoms with van der Waals surface area (Å²) < 4.78 is 0. The van der Waals surface area contributed by atoms with Crippen molar-refractivity contribution in [3.63, 3.8) is 0 Å². The summed E-state index contributed by atoms with van der Waals surface area (Å²) in [6.07, 6.45) is 7.65. The van der Waals surface area contributed by atoms with Crippen LogP contribution >= 0.6 is 0 Å². The molecule has 5 nitrogen and oxygen atoms in total. The van der Waals surface area contributed by atoms with Gasteiger partial charge in [-0.05, 0) is 72.6 Å². The third kappa shape index (κ3) is 3.73. The van der Waals surface area contributed by atoms with E-state index >= 15 is 0 Å². The molecule has 2 amide bonds. The molecular weight excluding hydrogens is 374 g/mol. The number of piperidine rings is 1. The average Bonchev–Trinajstić information content (AvgIpc) is 3.58. The lowest BCUT2D eigenvalue weighted by molar-refractivity contribution is -0.121. The van der Waals surface area contributed by atoms with Crippen LogP contribution in [0.3, 0.4) is 0 Å². The molecule has 30 heavy (non-hydrogen) atoms. The van der Waals surface area contributed by atoms with Crippen molar-refractivity contribution in [2.24, 2.45) is 5.92 Å². The van der Waals surface area contributed by atoms with Gasteiger partial charge in [-0.1, -0.05) is 30.3 Å². The average molecular weight is 404 g/mol. The number of benzene rings is 1. The maximum Gasteiger partial charge on any atom is 0.272 e. The molecule has 3 aliphatic rings. The molecular formula is C25H29N3O2. The van der Waals surface area contributed by atoms with Crippen molar-refractivity contribution in [3.05, 3.63) is 65.5 Å². The smallest absolute Gasteiger partial charge is 0.272 e. The fourth-order valence-corrected chi connectivity index (χ4v) is 5.35. The number of hydrogen-bond acceptors (Lipinski definition) is 3. The van der Waals surface area contributed by atoms with E-state index in [1.165, 1.54) is 24.0 Å². The zero-order valence-corrected chi connectivity index (χ0v) is 17.3. The number of likely N-dealkylation sites (tertiary alicyclic amines) is 1. The van der Waals surface area contributed by atoms with Crippen molar-refractivity contribution in [2.75, 3.05) is 19.6 Å². The number of rotatable bonds is 5. The van der Waals surface area contributed by atoms with E-state index in [2.05, 4.69) is 34.6 Å². The Morgan fingerprint density at radius 2 is 1.83 bits per heavy atom. The largest absolute Gasteiger partial charge is 0.356 e. The summed E-state index contributed by atoms with van der Waals surface area (Å²) >= 11 is 0. The molecule has 1 aliphatic heterocycles. The second kappa shape index (κ2) is 7.86. The monoisotopic (exact) mass is 403 g/mol. The number of carbonyl (C=O) groups excluding carboxylic acids is 2. The van der Waals surface area contributed by atoms with Crippen LogP contribution in [-0.4, -0.2) is 41.3 Å². The second-order valence-corrected chi connectivity index (χ2v) is 9.23. The number of nitrogens with zero attached hydrogens (tertiary/aromatic N) is 2. The first-order valence-electron chi connectivity index (χ1n) is 11.2. The maximum atomic E-state index is 12.8. The van der Waals surface area contributed by atoms with Crippen molar-refractivity contribution >= 4 is 11.8 Å². The van der Waals surface area contributed by atoms with Gasteiger partial charge in [-0.25, -0.2) is 0 Å². The van der Waals surface area contributed by atoms with Crippen LogP contribution in [0.5, 0.6) is 0 Å². The summed E-state index contributed by atoms with van der Waals surface area (Å²) in [5.74, 6) is 1.19. The van der Waals surface area contributed by atoms with E-state index in [9.17, 15) is 9.59 Å². The standard InChI is InChI=1S/C25H29N3O2/c29-23(27-17-18-8-9-18)15-19-16-25(21-6-2-1-5-20(19)21)10-13-28(14-11-25)24(30)22-7-3-4-12-26-22/h1-7,12,18-19H,8-11,13-17H2,(H,27,29). The van der Waals surface area contributed by atoms with Crippen LogP contribution in [0, 0.1) is 5.92 Å². The minimum Gasteiger partial charge on any atom is -0.356 e. The van der Waals surface area contributed by atoms with E-state index in [0.717, 1.165) is 38.9 Å². The number of fused-ring (bicyclic) bond motifs is 2. The molecule has 1 aromatic carbocycles. The number of hydrogen-bond donors (Lipinski definition) is 1. The lowest BCUT2D eigenvalue weighted by atomic mass is 9.73. The van der Waals surface area contributed by atoms with Gasteiger partial charge in [0.25, 0.3) is 5.91 Å². The van der Waals surface area contributed by atoms with Gasteiger partial charge in [0.15, 0.2) is 0 Å². The minimum absolute atomic E-state index is 0.0211. The fourth-order valence-electron chi connectivity index (χ4n) is 5.35. The molecule has 2 aromatic rings. The zero-order valence-electron chi connectivity index (χ0n) is 17.3. The molecule has 1 spiro atoms. The molecule has 1 saturated heterocycles. The van der Waals surface area contributed by atoms with Gasteiger partial charge in [-0.15, -0.1) is 0 Å². The molecule has 5 heteroatoms. The minimum atomic E-state index is 0.0211. The normalized spacial score (nSPS) is 22.0. The Morgan fingerprint density at radius 1 is 1.07 bits per heavy atom. The Morgan fingerprint density at radius 3 is 2.57 bits per heavy atom. The molecule has 5 rings (SSSR count). The highest BCUT2D eigenvalue weighted by Gasteiger charge is 2.46. The molecule has 2 fully saturated rings. The van der Waals surface area contributed by atoms with E-state index in [4.69, 9.17) is 0 Å². The third-order valence-electron chi connectivity index (χ3n) is 7.22. The van der Waals surface area contributed by atoms with E-state index in [1.807, 2.05) is 17.0 Å². The maximum absolute atomic E-state index is 12.8. The fraction of sp³-hybridized carbons (Fsp3) is 0.480. The van der Waals surface area contributed by atoms with Gasteiger partial charge >= 0.3 is 0 Å². The van der Waals surface area contributed by atoms with Crippen LogP contribution < -0.4 is 5.32 Å². The van der Waals surface area contributed by atoms with Crippen molar-refractivity contribution in [1.82, 2.24) is 15.2 Å². The number of carbonyl (C=O) groups is 2. The van der Waals surface area contributed by atoms with Gasteiger partial charge in [0.1, 0.15) is 5.69 Å². The Bertz CT molecular complexity index is 930. The topological polar surface area (TPSA) is 62.3 Å². The van der Waals surface area contributed by atoms with E-state index in [-0.39, 0.29) is 23.1 Å². The van der Waals surface area contributed by atoms with Gasteiger partial charge in [-0.2, -0.15) is 0 Å². The van der Waals surface area contributed by atoms with Crippen LogP contribution in [0.1, 0.15) is 66.1 Å². The Balaban J connectivity index is 1.28. The lowest BCUT2D eigenvalue weighted by Gasteiger charge is -2.40. The molecule has 1 saturated carbocycles. The van der Waals surface area contributed by atoms with Crippen molar-refractivity contribution < 1.29 is 9.59 Å². The van der Waals surface area contributed by atoms with Gasteiger partial charge in [0.05, 0.1) is 0 Å². The molecule has 0 radical (unpaired) electrons. The Hall–Kier alpha value is -2.69. The Labute approximate surface area is 177 Å². The zero-order chi connectivity index (χ0) is 20.6. The van der Waals surface area contributed by atoms with Gasteiger partial charge in [0, 0.05) is 32.3 Å². The van der Waals surface area contributed by atoms with Crippen molar-refractivity contribution in [2.45, 2.75) is 49.9 Å².